The summed E-state index contributed by atoms with van der Waals surface area (Å²) in [6, 6.07) is 14.8. The molecule has 6 heteroatoms. The van der Waals surface area contributed by atoms with Crippen LogP contribution in [0.3, 0.4) is 0 Å². The zero-order valence-electron chi connectivity index (χ0n) is 16.0. The van der Waals surface area contributed by atoms with Crippen LogP contribution in [0.1, 0.15) is 27.8 Å². The number of aromatic nitrogens is 2. The number of ether oxygens (including phenoxy) is 1. The molecule has 0 spiro atoms. The molecule has 1 atom stereocenters. The van der Waals surface area contributed by atoms with Crippen molar-refractivity contribution in [3.8, 4) is 5.75 Å². The Kier molecular flexibility index (Phi) is 5.45. The van der Waals surface area contributed by atoms with Gasteiger partial charge in [-0.3, -0.25) is 4.79 Å². The number of anilines is 1. The number of amides is 1. The molecule has 27 heavy (non-hydrogen) atoms. The molecule has 1 N–H and O–H groups in total. The van der Waals surface area contributed by atoms with E-state index in [4.69, 9.17) is 4.74 Å². The van der Waals surface area contributed by atoms with Crippen LogP contribution in [-0.2, 0) is 7.05 Å². The molecule has 0 bridgehead atoms. The molecule has 0 radical (unpaired) electrons. The number of hydrogen-bond acceptors (Lipinski definition) is 4. The minimum Gasteiger partial charge on any atom is -0.497 e. The minimum atomic E-state index is -0.369. The maximum atomic E-state index is 12.9. The van der Waals surface area contributed by atoms with Crippen molar-refractivity contribution in [2.45, 2.75) is 6.04 Å². The molecule has 0 unspecified atom stereocenters. The average Bonchev–Trinajstić information content (AvgIpc) is 3.11. The number of methoxy groups -OCH3 is 1. The first kappa shape index (κ1) is 18.5. The van der Waals surface area contributed by atoms with Crippen LogP contribution >= 0.6 is 0 Å². The molecule has 1 heterocycles. The van der Waals surface area contributed by atoms with E-state index in [1.165, 1.54) is 0 Å². The highest BCUT2D eigenvalue weighted by atomic mass is 16.5. The highest BCUT2D eigenvalue weighted by Crippen LogP contribution is 2.24. The number of carbonyl (C=O) groups is 1. The van der Waals surface area contributed by atoms with Gasteiger partial charge in [0.05, 0.1) is 7.11 Å². The van der Waals surface area contributed by atoms with E-state index in [0.717, 1.165) is 22.8 Å². The fraction of sp³-hybridized carbons (Fsp3) is 0.238. The molecule has 3 rings (SSSR count). The summed E-state index contributed by atoms with van der Waals surface area (Å²) in [5.74, 6) is 1.38. The third-order valence-electron chi connectivity index (χ3n) is 4.47. The SMILES string of the molecule is COc1ccc([C@H](NC(=O)c2cccc(N(C)C)c2)c2nccn2C)cc1. The maximum absolute atomic E-state index is 12.9. The van der Waals surface area contributed by atoms with E-state index in [0.29, 0.717) is 5.56 Å². The molecule has 0 fully saturated rings. The topological polar surface area (TPSA) is 59.4 Å². The van der Waals surface area contributed by atoms with E-state index >= 15 is 0 Å². The Morgan fingerprint density at radius 3 is 2.52 bits per heavy atom. The highest BCUT2D eigenvalue weighted by Gasteiger charge is 2.21. The average molecular weight is 364 g/mol. The molecule has 140 valence electrons. The van der Waals surface area contributed by atoms with Crippen LogP contribution in [-0.4, -0.2) is 36.7 Å². The van der Waals surface area contributed by atoms with Gasteiger partial charge in [-0.25, -0.2) is 4.98 Å². The number of benzene rings is 2. The van der Waals surface area contributed by atoms with Crippen LogP contribution < -0.4 is 15.0 Å². The van der Waals surface area contributed by atoms with Crippen LogP contribution in [0.15, 0.2) is 60.9 Å². The monoisotopic (exact) mass is 364 g/mol. The van der Waals surface area contributed by atoms with Gasteiger partial charge in [-0.2, -0.15) is 0 Å². The summed E-state index contributed by atoms with van der Waals surface area (Å²) in [4.78, 5) is 19.3. The highest BCUT2D eigenvalue weighted by molar-refractivity contribution is 5.95. The number of nitrogens with one attached hydrogen (secondary N) is 1. The lowest BCUT2D eigenvalue weighted by molar-refractivity contribution is 0.0941. The number of imidazole rings is 1. The van der Waals surface area contributed by atoms with Gasteiger partial charge in [0.2, 0.25) is 0 Å². The van der Waals surface area contributed by atoms with Crippen LogP contribution in [0.5, 0.6) is 5.75 Å². The van der Waals surface area contributed by atoms with Crippen molar-refractivity contribution in [3.63, 3.8) is 0 Å². The second-order valence-corrected chi connectivity index (χ2v) is 6.52. The lowest BCUT2D eigenvalue weighted by Gasteiger charge is -2.20. The molecule has 0 aliphatic carbocycles. The van der Waals surface area contributed by atoms with Gasteiger partial charge in [-0.15, -0.1) is 0 Å². The summed E-state index contributed by atoms with van der Waals surface area (Å²) >= 11 is 0. The first-order valence-electron chi connectivity index (χ1n) is 8.69. The standard InChI is InChI=1S/C21H24N4O2/c1-24(2)17-7-5-6-16(14-17)21(26)23-19(20-22-12-13-25(20)3)15-8-10-18(27-4)11-9-15/h5-14,19H,1-4H3,(H,23,26)/t19-/m0/s1. The molecule has 0 saturated carbocycles. The van der Waals surface area contributed by atoms with Crippen molar-refractivity contribution < 1.29 is 9.53 Å². The molecule has 0 saturated heterocycles. The van der Waals surface area contributed by atoms with Gasteiger partial charge >= 0.3 is 0 Å². The van der Waals surface area contributed by atoms with Gasteiger partial charge < -0.3 is 19.5 Å². The fourth-order valence-electron chi connectivity index (χ4n) is 2.89. The maximum Gasteiger partial charge on any atom is 0.252 e. The summed E-state index contributed by atoms with van der Waals surface area (Å²) in [7, 11) is 7.44. The van der Waals surface area contributed by atoms with Crippen molar-refractivity contribution in [1.29, 1.82) is 0 Å². The van der Waals surface area contributed by atoms with Crippen molar-refractivity contribution in [1.82, 2.24) is 14.9 Å². The quantitative estimate of drug-likeness (QED) is 0.730. The zero-order valence-corrected chi connectivity index (χ0v) is 16.0. The number of aryl methyl sites for hydroxylation is 1. The lowest BCUT2D eigenvalue weighted by atomic mass is 10.0. The predicted octanol–water partition coefficient (Wildman–Crippen LogP) is 3.01. The van der Waals surface area contributed by atoms with E-state index in [1.54, 1.807) is 13.3 Å². The Morgan fingerprint density at radius 1 is 1.19 bits per heavy atom. The van der Waals surface area contributed by atoms with Gasteiger partial charge in [-0.1, -0.05) is 18.2 Å². The third-order valence-corrected chi connectivity index (χ3v) is 4.47. The Morgan fingerprint density at radius 2 is 1.93 bits per heavy atom. The van der Waals surface area contributed by atoms with Gasteiger partial charge in [0.1, 0.15) is 17.6 Å². The molecule has 0 aliphatic rings. The summed E-state index contributed by atoms with van der Waals surface area (Å²) in [5, 5.41) is 3.11. The third kappa shape index (κ3) is 4.11. The Hall–Kier alpha value is -3.28. The van der Waals surface area contributed by atoms with Crippen LogP contribution in [0.25, 0.3) is 0 Å². The van der Waals surface area contributed by atoms with Crippen molar-refractivity contribution >= 4 is 11.6 Å². The Bertz CT molecular complexity index is 916. The smallest absolute Gasteiger partial charge is 0.252 e. The second kappa shape index (κ2) is 7.95. The molecule has 0 aliphatic heterocycles. The van der Waals surface area contributed by atoms with Crippen LogP contribution in [0, 0.1) is 0 Å². The molecular formula is C21H24N4O2. The summed E-state index contributed by atoms with van der Waals surface area (Å²) < 4.78 is 7.14. The van der Waals surface area contributed by atoms with Gasteiger partial charge in [0, 0.05) is 44.8 Å². The lowest BCUT2D eigenvalue weighted by Crippen LogP contribution is -2.31. The second-order valence-electron chi connectivity index (χ2n) is 6.52. The van der Waals surface area contributed by atoms with Gasteiger partial charge in [-0.05, 0) is 35.9 Å². The van der Waals surface area contributed by atoms with E-state index in [-0.39, 0.29) is 11.9 Å². The van der Waals surface area contributed by atoms with Crippen molar-refractivity contribution in [2.24, 2.45) is 7.05 Å². The van der Waals surface area contributed by atoms with Gasteiger partial charge in [0.15, 0.2) is 0 Å². The van der Waals surface area contributed by atoms with Crippen molar-refractivity contribution in [3.05, 3.63) is 77.9 Å². The van der Waals surface area contributed by atoms with Gasteiger partial charge in [0.25, 0.3) is 5.91 Å². The van der Waals surface area contributed by atoms with E-state index < -0.39 is 0 Å². The van der Waals surface area contributed by atoms with E-state index in [1.807, 2.05) is 85.3 Å². The Labute approximate surface area is 159 Å². The van der Waals surface area contributed by atoms with E-state index in [2.05, 4.69) is 10.3 Å². The molecular weight excluding hydrogens is 340 g/mol. The number of hydrogen-bond donors (Lipinski definition) is 1. The first-order chi connectivity index (χ1) is 13.0. The molecule has 6 nitrogen and oxygen atoms in total. The molecule has 1 amide bonds. The molecule has 1 aromatic heterocycles. The molecule has 3 aromatic rings. The van der Waals surface area contributed by atoms with Crippen molar-refractivity contribution in [2.75, 3.05) is 26.1 Å². The summed E-state index contributed by atoms with van der Waals surface area (Å²) in [6.45, 7) is 0. The Balaban J connectivity index is 1.92. The fourth-order valence-corrected chi connectivity index (χ4v) is 2.89. The number of nitrogens with zero attached hydrogens (tertiary/aromatic N) is 3. The number of rotatable bonds is 6. The van der Waals surface area contributed by atoms with E-state index in [9.17, 15) is 4.79 Å². The first-order valence-corrected chi connectivity index (χ1v) is 8.69. The summed E-state index contributed by atoms with van der Waals surface area (Å²) in [5.41, 5.74) is 2.51. The molecule has 2 aromatic carbocycles. The predicted molar refractivity (Wildman–Crippen MR) is 106 cm³/mol. The minimum absolute atomic E-state index is 0.150. The van der Waals surface area contributed by atoms with Crippen LogP contribution in [0.2, 0.25) is 0 Å². The zero-order chi connectivity index (χ0) is 19.4. The normalized spacial score (nSPS) is 11.7. The van der Waals surface area contributed by atoms with Crippen LogP contribution in [0.4, 0.5) is 5.69 Å². The number of carbonyl (C=O) groups excluding carboxylic acids is 1. The largest absolute Gasteiger partial charge is 0.497 e. The summed E-state index contributed by atoms with van der Waals surface area (Å²) in [6.07, 6.45) is 3.59.